The van der Waals surface area contributed by atoms with E-state index < -0.39 is 28.1 Å². The normalized spacial score (nSPS) is 44.0. The summed E-state index contributed by atoms with van der Waals surface area (Å²) < 4.78 is 73.7. The zero-order chi connectivity index (χ0) is 17.1. The van der Waals surface area contributed by atoms with Crippen LogP contribution in [0.25, 0.3) is 0 Å². The Balaban J connectivity index is 1.44. The number of alkyl halides is 2. The van der Waals surface area contributed by atoms with E-state index in [4.69, 9.17) is 18.8 Å². The molecule has 24 heavy (non-hydrogen) atoms. The summed E-state index contributed by atoms with van der Waals surface area (Å²) in [5.41, 5.74) is 0. The quantitative estimate of drug-likeness (QED) is 0.544. The summed E-state index contributed by atoms with van der Waals surface area (Å²) in [6.45, 7) is -0.0913. The summed E-state index contributed by atoms with van der Waals surface area (Å²) in [4.78, 5) is 0. The van der Waals surface area contributed by atoms with Gasteiger partial charge in [-0.25, -0.2) is 0 Å². The van der Waals surface area contributed by atoms with Crippen LogP contribution in [0, 0.1) is 23.7 Å². The molecule has 4 bridgehead atoms. The number of hydrogen-bond donors (Lipinski definition) is 1. The van der Waals surface area contributed by atoms with Crippen LogP contribution in [0.15, 0.2) is 0 Å². The molecule has 0 aromatic carbocycles. The van der Waals surface area contributed by atoms with Crippen molar-refractivity contribution in [2.24, 2.45) is 23.7 Å². The second kappa shape index (κ2) is 5.84. The van der Waals surface area contributed by atoms with Crippen molar-refractivity contribution in [2.45, 2.75) is 49.2 Å². The Hall–Kier alpha value is -0.350. The van der Waals surface area contributed by atoms with Gasteiger partial charge in [0.1, 0.15) is 12.7 Å². The van der Waals surface area contributed by atoms with Crippen molar-refractivity contribution in [1.29, 1.82) is 0 Å². The maximum Gasteiger partial charge on any atom is 0.392 e. The molecule has 1 saturated heterocycles. The van der Waals surface area contributed by atoms with Crippen LogP contribution in [-0.4, -0.2) is 56.4 Å². The number of ether oxygens (including phenoxy) is 3. The molecule has 9 heteroatoms. The van der Waals surface area contributed by atoms with Gasteiger partial charge in [-0.3, -0.25) is 4.55 Å². The summed E-state index contributed by atoms with van der Waals surface area (Å²) >= 11 is 0. The molecule has 4 aliphatic carbocycles. The lowest BCUT2D eigenvalue weighted by molar-refractivity contribution is -0.208. The van der Waals surface area contributed by atoms with Crippen molar-refractivity contribution >= 4 is 10.1 Å². The molecule has 1 heterocycles. The van der Waals surface area contributed by atoms with Gasteiger partial charge in [-0.1, -0.05) is 0 Å². The van der Waals surface area contributed by atoms with Gasteiger partial charge in [0.2, 0.25) is 0 Å². The smallest absolute Gasteiger partial charge is 0.375 e. The first-order valence-corrected chi connectivity index (χ1v) is 9.88. The van der Waals surface area contributed by atoms with Gasteiger partial charge in [-0.2, -0.15) is 17.2 Å². The molecular formula is C15H22F2O6S. The van der Waals surface area contributed by atoms with Crippen LogP contribution in [0.3, 0.4) is 0 Å². The molecule has 5 fully saturated rings. The Morgan fingerprint density at radius 2 is 1.71 bits per heavy atom. The standard InChI is InChI=1S/C15H22F2O6S/c16-15(17,24(18,19)20)7-23-14-10-2-8-1-9(4-10)13(12(14)3-8)22-6-11-5-21-11/h8-14H,1-7H2,(H,18,19,20). The number of rotatable bonds is 7. The average molecular weight is 368 g/mol. The molecular weight excluding hydrogens is 346 g/mol. The lowest BCUT2D eigenvalue weighted by Crippen LogP contribution is -2.58. The molecule has 0 aromatic heterocycles. The maximum atomic E-state index is 13.5. The molecule has 0 spiro atoms. The molecule has 6 nitrogen and oxygen atoms in total. The second-order valence-electron chi connectivity index (χ2n) is 7.63. The highest BCUT2D eigenvalue weighted by atomic mass is 32.2. The maximum absolute atomic E-state index is 13.5. The third kappa shape index (κ3) is 3.09. The number of halogens is 2. The van der Waals surface area contributed by atoms with E-state index in [1.165, 1.54) is 0 Å². The van der Waals surface area contributed by atoms with Gasteiger partial charge in [0.25, 0.3) is 0 Å². The van der Waals surface area contributed by atoms with Gasteiger partial charge >= 0.3 is 15.4 Å². The molecule has 7 unspecified atom stereocenters. The SMILES string of the molecule is O=S(=O)(O)C(F)(F)COC1C2CC3CC(C2)C(OCC2CO2)C1C3. The first-order valence-electron chi connectivity index (χ1n) is 8.44. The van der Waals surface area contributed by atoms with Crippen molar-refractivity contribution in [3.05, 3.63) is 0 Å². The highest BCUT2D eigenvalue weighted by molar-refractivity contribution is 7.86. The fraction of sp³-hybridized carbons (Fsp3) is 1.00. The summed E-state index contributed by atoms with van der Waals surface area (Å²) in [6, 6.07) is 0. The fourth-order valence-corrected chi connectivity index (χ4v) is 5.19. The third-order valence-electron chi connectivity index (χ3n) is 5.95. The summed E-state index contributed by atoms with van der Waals surface area (Å²) in [5, 5.41) is -4.28. The van der Waals surface area contributed by atoms with E-state index in [1.807, 2.05) is 0 Å². The molecule has 4 saturated carbocycles. The molecule has 138 valence electrons. The van der Waals surface area contributed by atoms with E-state index in [0.717, 1.165) is 25.7 Å². The minimum Gasteiger partial charge on any atom is -0.375 e. The van der Waals surface area contributed by atoms with Crippen molar-refractivity contribution in [1.82, 2.24) is 0 Å². The van der Waals surface area contributed by atoms with Gasteiger partial charge in [0.05, 0.1) is 25.4 Å². The Bertz CT molecular complexity index is 593. The molecule has 7 atom stereocenters. The lowest BCUT2D eigenvalue weighted by Gasteiger charge is -2.57. The third-order valence-corrected chi connectivity index (χ3v) is 6.83. The predicted molar refractivity (Wildman–Crippen MR) is 78.1 cm³/mol. The van der Waals surface area contributed by atoms with Gasteiger partial charge in [-0.15, -0.1) is 0 Å². The molecule has 1 N–H and O–H groups in total. The van der Waals surface area contributed by atoms with Gasteiger partial charge in [-0.05, 0) is 43.4 Å². The second-order valence-corrected chi connectivity index (χ2v) is 9.18. The first kappa shape index (κ1) is 17.1. The summed E-state index contributed by atoms with van der Waals surface area (Å²) in [6.07, 6.45) is 3.45. The van der Waals surface area contributed by atoms with Crippen LogP contribution in [0.1, 0.15) is 25.7 Å². The Kier molecular flexibility index (Phi) is 4.15. The fourth-order valence-electron chi connectivity index (χ4n) is 4.97. The zero-order valence-electron chi connectivity index (χ0n) is 13.1. The van der Waals surface area contributed by atoms with Crippen molar-refractivity contribution in [3.8, 4) is 0 Å². The van der Waals surface area contributed by atoms with E-state index in [1.54, 1.807) is 0 Å². The van der Waals surface area contributed by atoms with Crippen LogP contribution >= 0.6 is 0 Å². The predicted octanol–water partition coefficient (Wildman–Crippen LogP) is 1.70. The van der Waals surface area contributed by atoms with E-state index in [0.29, 0.717) is 25.0 Å². The molecule has 5 aliphatic rings. The summed E-state index contributed by atoms with van der Waals surface area (Å²) in [7, 11) is -5.46. The molecule has 0 amide bonds. The lowest BCUT2D eigenvalue weighted by atomic mass is 9.53. The topological polar surface area (TPSA) is 85.4 Å². The van der Waals surface area contributed by atoms with Crippen LogP contribution in [0.5, 0.6) is 0 Å². The van der Waals surface area contributed by atoms with Crippen LogP contribution in [0.2, 0.25) is 0 Å². The van der Waals surface area contributed by atoms with E-state index >= 15 is 0 Å². The Labute approximate surface area is 139 Å². The molecule has 5 rings (SSSR count). The minimum absolute atomic E-state index is 0.0113. The van der Waals surface area contributed by atoms with E-state index in [2.05, 4.69) is 0 Å². The van der Waals surface area contributed by atoms with E-state index in [9.17, 15) is 17.2 Å². The molecule has 1 aliphatic heterocycles. The zero-order valence-corrected chi connectivity index (χ0v) is 14.0. The van der Waals surface area contributed by atoms with Gasteiger partial charge < -0.3 is 14.2 Å². The Morgan fingerprint density at radius 1 is 1.08 bits per heavy atom. The largest absolute Gasteiger partial charge is 0.392 e. The highest BCUT2D eigenvalue weighted by Gasteiger charge is 2.56. The molecule has 0 radical (unpaired) electrons. The summed E-state index contributed by atoms with van der Waals surface area (Å²) in [5.74, 6) is 1.19. The van der Waals surface area contributed by atoms with Crippen LogP contribution in [0.4, 0.5) is 8.78 Å². The Morgan fingerprint density at radius 3 is 2.29 bits per heavy atom. The van der Waals surface area contributed by atoms with Gasteiger partial charge in [0.15, 0.2) is 0 Å². The monoisotopic (exact) mass is 368 g/mol. The number of hydrogen-bond acceptors (Lipinski definition) is 5. The first-order chi connectivity index (χ1) is 11.2. The van der Waals surface area contributed by atoms with E-state index in [-0.39, 0.29) is 24.0 Å². The highest BCUT2D eigenvalue weighted by Crippen LogP contribution is 2.56. The number of epoxide rings is 1. The van der Waals surface area contributed by atoms with Gasteiger partial charge in [0, 0.05) is 5.92 Å². The van der Waals surface area contributed by atoms with Crippen LogP contribution < -0.4 is 0 Å². The molecule has 0 aromatic rings. The minimum atomic E-state index is -5.46. The van der Waals surface area contributed by atoms with Crippen molar-refractivity contribution in [2.75, 3.05) is 19.8 Å². The average Bonchev–Trinajstić information content (AvgIpc) is 3.28. The van der Waals surface area contributed by atoms with Crippen LogP contribution in [-0.2, 0) is 24.3 Å². The van der Waals surface area contributed by atoms with Crippen molar-refractivity contribution in [3.63, 3.8) is 0 Å². The van der Waals surface area contributed by atoms with Crippen molar-refractivity contribution < 1.29 is 36.0 Å².